The first-order valence-corrected chi connectivity index (χ1v) is 21.1. The summed E-state index contributed by atoms with van der Waals surface area (Å²) in [6.07, 6.45) is 11.3. The second-order valence-corrected chi connectivity index (χ2v) is 20.7. The molecule has 0 spiro atoms. The number of likely N-dealkylation sites (tertiary alicyclic amines) is 1. The van der Waals surface area contributed by atoms with Crippen LogP contribution in [0.5, 0.6) is 0 Å². The number of Topliss-reactive ketones (excluding diaryl/α,β-unsaturated/α-hetero) is 1. The third-order valence-corrected chi connectivity index (χ3v) is 16.9. The van der Waals surface area contributed by atoms with E-state index in [1.807, 2.05) is 0 Å². The number of hydrogen-bond acceptors (Lipinski definition) is 7. The van der Waals surface area contributed by atoms with Crippen LogP contribution < -0.4 is 5.32 Å². The lowest BCUT2D eigenvalue weighted by Crippen LogP contribution is -2.66. The van der Waals surface area contributed by atoms with Crippen LogP contribution in [0.2, 0.25) is 0 Å². The van der Waals surface area contributed by atoms with E-state index in [4.69, 9.17) is 4.74 Å². The Hall–Kier alpha value is -1.77. The van der Waals surface area contributed by atoms with Crippen molar-refractivity contribution in [1.82, 2.24) is 10.2 Å². The molecule has 6 aliphatic rings. The molecule has 294 valence electrons. The summed E-state index contributed by atoms with van der Waals surface area (Å²) in [6.45, 7) is 24.7. The van der Waals surface area contributed by atoms with Crippen LogP contribution in [0.15, 0.2) is 11.1 Å². The lowest BCUT2D eigenvalue weighted by atomic mass is 9.33. The predicted molar refractivity (Wildman–Crippen MR) is 205 cm³/mol. The number of carboxylic acid groups (broad SMARTS) is 1. The van der Waals surface area contributed by atoms with E-state index in [1.165, 1.54) is 31.5 Å². The number of carboxylic acids is 1. The normalized spacial score (nSPS) is 39.5. The van der Waals surface area contributed by atoms with E-state index in [0.29, 0.717) is 30.7 Å². The van der Waals surface area contributed by atoms with Crippen LogP contribution in [0, 0.1) is 56.2 Å². The molecule has 1 saturated heterocycles. The summed E-state index contributed by atoms with van der Waals surface area (Å²) in [5, 5.41) is 25.4. The number of aliphatic hydroxyl groups is 1. The summed E-state index contributed by atoms with van der Waals surface area (Å²) < 4.78 is 6.17. The van der Waals surface area contributed by atoms with Gasteiger partial charge in [-0.3, -0.25) is 14.4 Å². The molecule has 0 aromatic carbocycles. The molecule has 0 aromatic heterocycles. The molecule has 0 aromatic rings. The van der Waals surface area contributed by atoms with Crippen molar-refractivity contribution in [2.45, 2.75) is 158 Å². The third kappa shape index (κ3) is 6.34. The number of aliphatic carboxylic acids is 1. The van der Waals surface area contributed by atoms with Gasteiger partial charge in [-0.15, -0.1) is 0 Å². The van der Waals surface area contributed by atoms with Crippen LogP contribution in [0.25, 0.3) is 0 Å². The standard InChI is InChI=1S/C44H72N2O6/c1-28(2)36-30(47)25-44(33(48)27-45-21-12-24-46-22-10-11-23-46)20-19-42(8)29(37(36)44)13-14-32-41(7)17-16-34(52-35(49)26-39(3,4)38(50)51)40(5,6)31(41)15-18-43(32,42)9/h28-29,31-34,45,48H,10-27H2,1-9H3,(H,50,51)/t29-,31+,32-,33-,34+,41+,42-,43-,44+/m1/s1. The molecule has 0 unspecified atom stereocenters. The van der Waals surface area contributed by atoms with Crippen LogP contribution >= 0.6 is 0 Å². The van der Waals surface area contributed by atoms with E-state index in [-0.39, 0.29) is 45.9 Å². The lowest BCUT2D eigenvalue weighted by Gasteiger charge is -2.72. The summed E-state index contributed by atoms with van der Waals surface area (Å²) in [7, 11) is 0. The summed E-state index contributed by atoms with van der Waals surface area (Å²) in [4.78, 5) is 41.4. The lowest BCUT2D eigenvalue weighted by molar-refractivity contribution is -0.235. The Balaban J connectivity index is 1.22. The Morgan fingerprint density at radius 1 is 0.942 bits per heavy atom. The van der Waals surface area contributed by atoms with Gasteiger partial charge in [0.2, 0.25) is 0 Å². The molecule has 8 nitrogen and oxygen atoms in total. The van der Waals surface area contributed by atoms with Crippen molar-refractivity contribution in [1.29, 1.82) is 0 Å². The molecule has 8 heteroatoms. The average Bonchev–Trinajstić information content (AvgIpc) is 3.68. The molecule has 5 aliphatic carbocycles. The number of ether oxygens (including phenoxy) is 1. The zero-order chi connectivity index (χ0) is 38.1. The number of hydrogen-bond donors (Lipinski definition) is 3. The number of carbonyl (C=O) groups excluding carboxylic acids is 2. The van der Waals surface area contributed by atoms with Crippen LogP contribution in [0.1, 0.15) is 146 Å². The van der Waals surface area contributed by atoms with Gasteiger partial charge in [0.1, 0.15) is 6.10 Å². The largest absolute Gasteiger partial charge is 0.481 e. The molecular formula is C44H72N2O6. The fraction of sp³-hybridized carbons (Fsp3) is 0.886. The first-order valence-electron chi connectivity index (χ1n) is 21.1. The highest BCUT2D eigenvalue weighted by molar-refractivity contribution is 6.00. The number of carbonyl (C=O) groups is 3. The number of aliphatic hydroxyl groups excluding tert-OH is 1. The third-order valence-electron chi connectivity index (χ3n) is 16.9. The van der Waals surface area contributed by atoms with Gasteiger partial charge in [0, 0.05) is 23.8 Å². The first-order chi connectivity index (χ1) is 24.2. The van der Waals surface area contributed by atoms with Crippen molar-refractivity contribution in [3.8, 4) is 0 Å². The number of ketones is 1. The van der Waals surface area contributed by atoms with Crippen LogP contribution in [-0.2, 0) is 19.1 Å². The van der Waals surface area contributed by atoms with Gasteiger partial charge in [-0.05, 0) is 156 Å². The number of rotatable bonds is 12. The molecular weight excluding hydrogens is 652 g/mol. The van der Waals surface area contributed by atoms with Gasteiger partial charge in [0.25, 0.3) is 0 Å². The highest BCUT2D eigenvalue weighted by Crippen LogP contribution is 2.77. The molecule has 1 heterocycles. The Morgan fingerprint density at radius 3 is 2.29 bits per heavy atom. The minimum atomic E-state index is -1.16. The van der Waals surface area contributed by atoms with Gasteiger partial charge in [-0.25, -0.2) is 0 Å². The summed E-state index contributed by atoms with van der Waals surface area (Å²) in [5.74, 6) is 0.210. The van der Waals surface area contributed by atoms with Gasteiger partial charge in [0.05, 0.1) is 17.9 Å². The fourth-order valence-electron chi connectivity index (χ4n) is 13.8. The van der Waals surface area contributed by atoms with Gasteiger partial charge < -0.3 is 25.2 Å². The Morgan fingerprint density at radius 2 is 1.63 bits per heavy atom. The van der Waals surface area contributed by atoms with Crippen LogP contribution in [0.3, 0.4) is 0 Å². The zero-order valence-corrected chi connectivity index (χ0v) is 34.2. The van der Waals surface area contributed by atoms with Crippen LogP contribution in [-0.4, -0.2) is 77.8 Å². The summed E-state index contributed by atoms with van der Waals surface area (Å²) in [6, 6.07) is 0. The highest BCUT2D eigenvalue weighted by atomic mass is 16.5. The second kappa shape index (κ2) is 14.1. The molecule has 6 rings (SSSR count). The topological polar surface area (TPSA) is 116 Å². The quantitative estimate of drug-likeness (QED) is 0.138. The van der Waals surface area contributed by atoms with E-state index in [1.54, 1.807) is 13.8 Å². The highest BCUT2D eigenvalue weighted by Gasteiger charge is 2.70. The van der Waals surface area contributed by atoms with Crippen molar-refractivity contribution in [2.24, 2.45) is 56.2 Å². The maximum atomic E-state index is 14.0. The minimum Gasteiger partial charge on any atom is -0.481 e. The molecule has 0 radical (unpaired) electrons. The first kappa shape index (κ1) is 39.9. The monoisotopic (exact) mass is 725 g/mol. The van der Waals surface area contributed by atoms with Crippen LogP contribution in [0.4, 0.5) is 0 Å². The van der Waals surface area contributed by atoms with E-state index in [2.05, 4.69) is 58.7 Å². The zero-order valence-electron chi connectivity index (χ0n) is 34.2. The van der Waals surface area contributed by atoms with Gasteiger partial charge >= 0.3 is 11.9 Å². The minimum absolute atomic E-state index is 0.0201. The molecule has 4 saturated carbocycles. The average molecular weight is 725 g/mol. The fourth-order valence-corrected chi connectivity index (χ4v) is 13.8. The number of allylic oxidation sites excluding steroid dienone is 1. The smallest absolute Gasteiger partial charge is 0.309 e. The summed E-state index contributed by atoms with van der Waals surface area (Å²) in [5.41, 5.74) is 0.697. The van der Waals surface area contributed by atoms with Crippen molar-refractivity contribution >= 4 is 17.7 Å². The molecule has 1 aliphatic heterocycles. The van der Waals surface area contributed by atoms with E-state index in [0.717, 1.165) is 76.5 Å². The number of fused-ring (bicyclic) bond motifs is 7. The number of nitrogens with zero attached hydrogens (tertiary/aromatic N) is 1. The number of nitrogens with one attached hydrogen (secondary N) is 1. The second-order valence-electron chi connectivity index (χ2n) is 20.7. The Bertz CT molecular complexity index is 1430. The molecule has 52 heavy (non-hydrogen) atoms. The molecule has 5 fully saturated rings. The molecule has 9 atom stereocenters. The predicted octanol–water partition coefficient (Wildman–Crippen LogP) is 7.82. The molecule has 3 N–H and O–H groups in total. The van der Waals surface area contributed by atoms with Crippen molar-refractivity contribution < 1.29 is 29.3 Å². The van der Waals surface area contributed by atoms with E-state index >= 15 is 0 Å². The van der Waals surface area contributed by atoms with Gasteiger partial charge in [-0.1, -0.05) is 54.0 Å². The molecule has 0 amide bonds. The van der Waals surface area contributed by atoms with Gasteiger partial charge in [-0.2, -0.15) is 0 Å². The Kier molecular flexibility index (Phi) is 10.8. The van der Waals surface area contributed by atoms with Crippen molar-refractivity contribution in [3.05, 3.63) is 11.1 Å². The SMILES string of the molecule is CC(C)C1=C2[C@H]3CC[C@@H]4[C@@]5(C)CC[C@H](OC(=O)CC(C)(C)C(=O)O)C(C)(C)[C@@H]5CC[C@@]4(C)[C@]3(C)CC[C@@]2([C@H](O)CNCCCN2CCCC2)CC1=O. The maximum Gasteiger partial charge on any atom is 0.309 e. The summed E-state index contributed by atoms with van der Waals surface area (Å²) >= 11 is 0. The van der Waals surface area contributed by atoms with E-state index < -0.39 is 28.9 Å². The van der Waals surface area contributed by atoms with Gasteiger partial charge in [0.15, 0.2) is 5.78 Å². The Labute approximate surface area is 314 Å². The molecule has 0 bridgehead atoms. The van der Waals surface area contributed by atoms with Crippen molar-refractivity contribution in [3.63, 3.8) is 0 Å². The van der Waals surface area contributed by atoms with E-state index in [9.17, 15) is 24.6 Å². The van der Waals surface area contributed by atoms with Crippen molar-refractivity contribution in [2.75, 3.05) is 32.7 Å². The number of esters is 1. The maximum absolute atomic E-state index is 14.0.